The minimum absolute atomic E-state index is 0. The van der Waals surface area contributed by atoms with Gasteiger partial charge in [0.1, 0.15) is 0 Å². The van der Waals surface area contributed by atoms with Crippen molar-refractivity contribution in [1.82, 2.24) is 20.4 Å². The molecule has 1 aromatic heterocycles. The maximum atomic E-state index is 4.69. The molecule has 2 aromatic rings. The first-order chi connectivity index (χ1) is 11.0. The van der Waals surface area contributed by atoms with E-state index >= 15 is 0 Å². The lowest BCUT2D eigenvalue weighted by Gasteiger charge is -2.14. The van der Waals surface area contributed by atoms with E-state index in [1.807, 2.05) is 6.07 Å². The normalized spacial score (nSPS) is 11.3. The summed E-state index contributed by atoms with van der Waals surface area (Å²) in [5.74, 6) is 0.814. The molecule has 0 amide bonds. The first kappa shape index (κ1) is 20.5. The van der Waals surface area contributed by atoms with Crippen LogP contribution < -0.4 is 10.6 Å². The quantitative estimate of drug-likeness (QED) is 0.426. The molecule has 2 N–H and O–H groups in total. The van der Waals surface area contributed by atoms with Gasteiger partial charge >= 0.3 is 0 Å². The molecular formula is C18H28IN5. The number of benzene rings is 1. The molecule has 132 valence electrons. The van der Waals surface area contributed by atoms with E-state index in [9.17, 15) is 0 Å². The summed E-state index contributed by atoms with van der Waals surface area (Å²) in [4.78, 5) is 4.24. The Morgan fingerprint density at radius 2 is 1.88 bits per heavy atom. The van der Waals surface area contributed by atoms with Gasteiger partial charge in [-0.15, -0.1) is 24.0 Å². The highest BCUT2D eigenvalue weighted by Crippen LogP contribution is 2.14. The summed E-state index contributed by atoms with van der Waals surface area (Å²) in [5, 5.41) is 11.3. The lowest BCUT2D eigenvalue weighted by Crippen LogP contribution is -2.40. The molecule has 0 aliphatic rings. The van der Waals surface area contributed by atoms with Gasteiger partial charge in [0.25, 0.3) is 0 Å². The summed E-state index contributed by atoms with van der Waals surface area (Å²) >= 11 is 0. The number of rotatable bonds is 5. The van der Waals surface area contributed by atoms with Crippen molar-refractivity contribution in [2.75, 3.05) is 7.05 Å². The second kappa shape index (κ2) is 9.66. The molecule has 0 saturated heterocycles. The third kappa shape index (κ3) is 5.51. The van der Waals surface area contributed by atoms with E-state index in [2.05, 4.69) is 77.4 Å². The summed E-state index contributed by atoms with van der Waals surface area (Å²) in [6.45, 7) is 9.90. The molecule has 1 heterocycles. The summed E-state index contributed by atoms with van der Waals surface area (Å²) < 4.78 is 2.07. The summed E-state index contributed by atoms with van der Waals surface area (Å²) in [6.07, 6.45) is 0. The number of nitrogens with one attached hydrogen (secondary N) is 2. The van der Waals surface area contributed by atoms with Gasteiger partial charge in [0.05, 0.1) is 12.2 Å². The fraction of sp³-hybridized carbons (Fsp3) is 0.444. The number of nitrogens with zero attached hydrogens (tertiary/aromatic N) is 3. The molecule has 0 radical (unpaired) electrons. The number of aryl methyl sites for hydroxylation is 1. The van der Waals surface area contributed by atoms with E-state index in [1.54, 1.807) is 7.05 Å². The van der Waals surface area contributed by atoms with Crippen molar-refractivity contribution < 1.29 is 0 Å². The van der Waals surface area contributed by atoms with Crippen LogP contribution in [0.4, 0.5) is 0 Å². The molecule has 0 saturated carbocycles. The molecule has 5 nitrogen and oxygen atoms in total. The molecule has 0 fully saturated rings. The molecule has 24 heavy (non-hydrogen) atoms. The average Bonchev–Trinajstić information content (AvgIpc) is 2.78. The van der Waals surface area contributed by atoms with E-state index in [1.165, 1.54) is 16.8 Å². The highest BCUT2D eigenvalue weighted by molar-refractivity contribution is 14.0. The van der Waals surface area contributed by atoms with Gasteiger partial charge in [0, 0.05) is 30.9 Å². The van der Waals surface area contributed by atoms with Crippen molar-refractivity contribution in [3.63, 3.8) is 0 Å². The van der Waals surface area contributed by atoms with Crippen LogP contribution in [0.25, 0.3) is 0 Å². The molecule has 0 spiro atoms. The fourth-order valence-electron chi connectivity index (χ4n) is 2.54. The van der Waals surface area contributed by atoms with Crippen LogP contribution in [-0.2, 0) is 13.1 Å². The lowest BCUT2D eigenvalue weighted by atomic mass is 10.2. The van der Waals surface area contributed by atoms with Gasteiger partial charge in [-0.1, -0.05) is 30.3 Å². The van der Waals surface area contributed by atoms with Gasteiger partial charge in [-0.25, -0.2) is 0 Å². The zero-order valence-electron chi connectivity index (χ0n) is 15.1. The Balaban J connectivity index is 0.00000288. The van der Waals surface area contributed by atoms with Gasteiger partial charge in [-0.05, 0) is 33.3 Å². The summed E-state index contributed by atoms with van der Waals surface area (Å²) in [5.41, 5.74) is 4.74. The number of hydrogen-bond donors (Lipinski definition) is 2. The minimum atomic E-state index is 0. The van der Waals surface area contributed by atoms with Crippen LogP contribution in [0.2, 0.25) is 0 Å². The van der Waals surface area contributed by atoms with E-state index in [4.69, 9.17) is 0 Å². The van der Waals surface area contributed by atoms with Crippen molar-refractivity contribution in [2.24, 2.45) is 4.99 Å². The standard InChI is InChI=1S/C18H27N5.HI/c1-13(2)21-18(19-5)20-11-17-14(3)22-23(15(17)4)12-16-9-7-6-8-10-16;/h6-10,13H,11-12H2,1-5H3,(H2,19,20,21);1H. The Morgan fingerprint density at radius 1 is 1.21 bits per heavy atom. The van der Waals surface area contributed by atoms with Crippen molar-refractivity contribution in [3.05, 3.63) is 52.8 Å². The number of hydrogen-bond acceptors (Lipinski definition) is 2. The molecule has 0 aliphatic heterocycles. The zero-order chi connectivity index (χ0) is 16.8. The number of aromatic nitrogens is 2. The monoisotopic (exact) mass is 441 g/mol. The van der Waals surface area contributed by atoms with E-state index in [0.29, 0.717) is 6.04 Å². The highest BCUT2D eigenvalue weighted by Gasteiger charge is 2.12. The predicted molar refractivity (Wildman–Crippen MR) is 111 cm³/mol. The average molecular weight is 441 g/mol. The van der Waals surface area contributed by atoms with Gasteiger partial charge in [0.2, 0.25) is 0 Å². The fourth-order valence-corrected chi connectivity index (χ4v) is 2.54. The summed E-state index contributed by atoms with van der Waals surface area (Å²) in [6, 6.07) is 10.8. The Morgan fingerprint density at radius 3 is 2.46 bits per heavy atom. The van der Waals surface area contributed by atoms with Crippen LogP contribution in [-0.4, -0.2) is 28.8 Å². The van der Waals surface area contributed by atoms with E-state index in [-0.39, 0.29) is 24.0 Å². The van der Waals surface area contributed by atoms with E-state index in [0.717, 1.165) is 24.7 Å². The van der Waals surface area contributed by atoms with Crippen molar-refractivity contribution >= 4 is 29.9 Å². The van der Waals surface area contributed by atoms with Crippen LogP contribution >= 0.6 is 24.0 Å². The summed E-state index contributed by atoms with van der Waals surface area (Å²) in [7, 11) is 1.79. The third-order valence-electron chi connectivity index (χ3n) is 3.79. The first-order valence-electron chi connectivity index (χ1n) is 8.05. The minimum Gasteiger partial charge on any atom is -0.354 e. The maximum Gasteiger partial charge on any atom is 0.191 e. The second-order valence-corrected chi connectivity index (χ2v) is 6.02. The van der Waals surface area contributed by atoms with Gasteiger partial charge < -0.3 is 10.6 Å². The molecule has 0 bridgehead atoms. The Labute approximate surface area is 162 Å². The van der Waals surface area contributed by atoms with E-state index < -0.39 is 0 Å². The molecule has 0 atom stereocenters. The topological polar surface area (TPSA) is 54.2 Å². The smallest absolute Gasteiger partial charge is 0.191 e. The van der Waals surface area contributed by atoms with Crippen LogP contribution in [0.1, 0.15) is 36.4 Å². The third-order valence-corrected chi connectivity index (χ3v) is 3.79. The van der Waals surface area contributed by atoms with Crippen molar-refractivity contribution in [3.8, 4) is 0 Å². The molecule has 0 aliphatic carbocycles. The number of halogens is 1. The van der Waals surface area contributed by atoms with Crippen LogP contribution in [0.15, 0.2) is 35.3 Å². The van der Waals surface area contributed by atoms with Gasteiger partial charge in [-0.2, -0.15) is 5.10 Å². The Bertz CT molecular complexity index is 662. The van der Waals surface area contributed by atoms with Crippen LogP contribution in [0.5, 0.6) is 0 Å². The lowest BCUT2D eigenvalue weighted by molar-refractivity contribution is 0.657. The molecule has 0 unspecified atom stereocenters. The molecular weight excluding hydrogens is 413 g/mol. The largest absolute Gasteiger partial charge is 0.354 e. The zero-order valence-corrected chi connectivity index (χ0v) is 17.5. The first-order valence-corrected chi connectivity index (χ1v) is 8.05. The SMILES string of the molecule is CN=C(NCc1c(C)nn(Cc2ccccc2)c1C)NC(C)C.I. The Kier molecular flexibility index (Phi) is 8.24. The number of guanidine groups is 1. The molecule has 2 rings (SSSR count). The number of aliphatic imine (C=N–C) groups is 1. The second-order valence-electron chi connectivity index (χ2n) is 6.02. The Hall–Kier alpha value is -1.57. The van der Waals surface area contributed by atoms with Crippen LogP contribution in [0.3, 0.4) is 0 Å². The maximum absolute atomic E-state index is 4.69. The van der Waals surface area contributed by atoms with Crippen molar-refractivity contribution in [1.29, 1.82) is 0 Å². The van der Waals surface area contributed by atoms with Crippen molar-refractivity contribution in [2.45, 2.75) is 46.8 Å². The highest BCUT2D eigenvalue weighted by atomic mass is 127. The molecule has 6 heteroatoms. The predicted octanol–water partition coefficient (Wildman–Crippen LogP) is 3.24. The van der Waals surface area contributed by atoms with Crippen LogP contribution in [0, 0.1) is 13.8 Å². The van der Waals surface area contributed by atoms with Gasteiger partial charge in [-0.3, -0.25) is 9.67 Å². The van der Waals surface area contributed by atoms with Gasteiger partial charge in [0.15, 0.2) is 5.96 Å². The molecule has 1 aromatic carbocycles.